The van der Waals surface area contributed by atoms with Gasteiger partial charge >= 0.3 is 6.09 Å². The maximum absolute atomic E-state index is 12.0. The Labute approximate surface area is 148 Å². The Morgan fingerprint density at radius 3 is 2.92 bits per heavy atom. The van der Waals surface area contributed by atoms with Crippen LogP contribution in [0.1, 0.15) is 52.0 Å². The maximum atomic E-state index is 12.0. The number of carbonyl (C=O) groups is 1. The van der Waals surface area contributed by atoms with Gasteiger partial charge in [-0.15, -0.1) is 0 Å². The fourth-order valence-electron chi connectivity index (χ4n) is 2.94. The van der Waals surface area contributed by atoms with Gasteiger partial charge in [0.1, 0.15) is 5.60 Å². The molecule has 1 aromatic heterocycles. The number of thiocarbonyl (C=S) groups is 1. The van der Waals surface area contributed by atoms with E-state index in [9.17, 15) is 4.79 Å². The third kappa shape index (κ3) is 5.25. The van der Waals surface area contributed by atoms with Crippen LogP contribution in [0, 0.1) is 0 Å². The summed E-state index contributed by atoms with van der Waals surface area (Å²) < 4.78 is 5.35. The van der Waals surface area contributed by atoms with E-state index in [0.29, 0.717) is 0 Å². The maximum Gasteiger partial charge on any atom is 0.408 e. The van der Waals surface area contributed by atoms with Crippen LogP contribution in [0.2, 0.25) is 0 Å². The molecule has 24 heavy (non-hydrogen) atoms. The van der Waals surface area contributed by atoms with Gasteiger partial charge in [-0.2, -0.15) is 4.99 Å². The van der Waals surface area contributed by atoms with Crippen molar-refractivity contribution < 1.29 is 9.53 Å². The summed E-state index contributed by atoms with van der Waals surface area (Å²) in [5.74, 6) is 0.236. The highest BCUT2D eigenvalue weighted by molar-refractivity contribution is 7.78. The van der Waals surface area contributed by atoms with Crippen molar-refractivity contribution in [1.82, 2.24) is 10.3 Å². The van der Waals surface area contributed by atoms with Crippen LogP contribution in [0.4, 0.5) is 10.5 Å². The minimum Gasteiger partial charge on any atom is -0.444 e. The lowest BCUT2D eigenvalue weighted by Gasteiger charge is -2.29. The normalized spacial score (nSPS) is 20.6. The minimum absolute atomic E-state index is 0.0731. The summed E-state index contributed by atoms with van der Waals surface area (Å²) >= 11 is 4.72. The number of rotatable bonds is 3. The Kier molecular flexibility index (Phi) is 5.86. The lowest BCUT2D eigenvalue weighted by molar-refractivity contribution is 0.0510. The molecule has 0 saturated carbocycles. The van der Waals surface area contributed by atoms with E-state index in [1.54, 1.807) is 12.4 Å². The Morgan fingerprint density at radius 2 is 2.25 bits per heavy atom. The molecule has 1 aliphatic carbocycles. The van der Waals surface area contributed by atoms with Crippen LogP contribution in [0.5, 0.6) is 0 Å². The first kappa shape index (κ1) is 18.3. The fraction of sp³-hybridized carbons (Fsp3) is 0.500. The van der Waals surface area contributed by atoms with Gasteiger partial charge in [0, 0.05) is 6.20 Å². The molecule has 128 valence electrons. The zero-order valence-corrected chi connectivity index (χ0v) is 15.3. The van der Waals surface area contributed by atoms with Crippen molar-refractivity contribution in [1.29, 1.82) is 0 Å². The number of aliphatic imine (C=N–C) groups is 1. The van der Waals surface area contributed by atoms with Crippen molar-refractivity contribution in [2.75, 3.05) is 0 Å². The van der Waals surface area contributed by atoms with E-state index in [1.165, 1.54) is 5.57 Å². The SMILES string of the molecule is CC1=C[C@H](NC(=O)OC(C)(C)C)C[C@H](c2ccncc2N=C=S)C1. The number of amides is 1. The van der Waals surface area contributed by atoms with E-state index in [-0.39, 0.29) is 12.0 Å². The molecule has 1 heterocycles. The van der Waals surface area contributed by atoms with Crippen molar-refractivity contribution in [3.8, 4) is 0 Å². The number of pyridine rings is 1. The van der Waals surface area contributed by atoms with Gasteiger partial charge in [-0.25, -0.2) is 4.79 Å². The zero-order chi connectivity index (χ0) is 17.7. The lowest BCUT2D eigenvalue weighted by atomic mass is 9.82. The van der Waals surface area contributed by atoms with Crippen LogP contribution in [-0.2, 0) is 4.74 Å². The molecular weight excluding hydrogens is 322 g/mol. The summed E-state index contributed by atoms with van der Waals surface area (Å²) in [5, 5.41) is 5.34. The first-order valence-electron chi connectivity index (χ1n) is 7.97. The predicted molar refractivity (Wildman–Crippen MR) is 97.8 cm³/mol. The van der Waals surface area contributed by atoms with Crippen molar-refractivity contribution in [2.45, 2.75) is 58.1 Å². The second-order valence-electron chi connectivity index (χ2n) is 7.04. The topological polar surface area (TPSA) is 63.6 Å². The van der Waals surface area contributed by atoms with Gasteiger partial charge < -0.3 is 10.1 Å². The van der Waals surface area contributed by atoms with Crippen LogP contribution in [0.25, 0.3) is 0 Å². The Balaban J connectivity index is 2.15. The minimum atomic E-state index is -0.511. The van der Waals surface area contributed by atoms with Gasteiger partial charge in [-0.1, -0.05) is 11.6 Å². The molecule has 0 fully saturated rings. The molecule has 0 spiro atoms. The van der Waals surface area contributed by atoms with Crippen molar-refractivity contribution in [3.05, 3.63) is 35.7 Å². The van der Waals surface area contributed by atoms with Crippen molar-refractivity contribution >= 4 is 29.2 Å². The van der Waals surface area contributed by atoms with E-state index in [4.69, 9.17) is 17.0 Å². The Morgan fingerprint density at radius 1 is 1.50 bits per heavy atom. The third-order valence-electron chi connectivity index (χ3n) is 3.73. The second-order valence-corrected chi connectivity index (χ2v) is 7.22. The smallest absolute Gasteiger partial charge is 0.408 e. The first-order chi connectivity index (χ1) is 11.3. The lowest BCUT2D eigenvalue weighted by Crippen LogP contribution is -2.40. The number of alkyl carbamates (subject to hydrolysis) is 1. The molecule has 0 radical (unpaired) electrons. The summed E-state index contributed by atoms with van der Waals surface area (Å²) in [4.78, 5) is 20.2. The summed E-state index contributed by atoms with van der Waals surface area (Å²) in [6.07, 6.45) is 6.82. The highest BCUT2D eigenvalue weighted by atomic mass is 32.1. The number of carbonyl (C=O) groups excluding carboxylic acids is 1. The molecule has 1 amide bonds. The van der Waals surface area contributed by atoms with Crippen LogP contribution in [-0.4, -0.2) is 27.9 Å². The molecule has 0 aliphatic heterocycles. The number of aromatic nitrogens is 1. The average molecular weight is 345 g/mol. The van der Waals surface area contributed by atoms with Crippen molar-refractivity contribution in [3.63, 3.8) is 0 Å². The molecule has 0 bridgehead atoms. The monoisotopic (exact) mass is 345 g/mol. The summed E-state index contributed by atoms with van der Waals surface area (Å²) in [5.41, 5.74) is 2.53. The van der Waals surface area contributed by atoms with E-state index in [2.05, 4.69) is 33.5 Å². The highest BCUT2D eigenvalue weighted by Crippen LogP contribution is 2.37. The number of isothiocyanates is 1. The van der Waals surface area contributed by atoms with E-state index in [1.807, 2.05) is 26.8 Å². The third-order valence-corrected chi connectivity index (χ3v) is 3.82. The number of hydrogen-bond donors (Lipinski definition) is 1. The number of hydrogen-bond acceptors (Lipinski definition) is 5. The van der Waals surface area contributed by atoms with Crippen molar-refractivity contribution in [2.24, 2.45) is 4.99 Å². The van der Waals surface area contributed by atoms with E-state index >= 15 is 0 Å². The van der Waals surface area contributed by atoms with Crippen LogP contribution < -0.4 is 5.32 Å². The van der Waals surface area contributed by atoms with E-state index in [0.717, 1.165) is 24.1 Å². The quantitative estimate of drug-likeness (QED) is 0.496. The van der Waals surface area contributed by atoms with E-state index < -0.39 is 11.7 Å². The molecule has 5 nitrogen and oxygen atoms in total. The van der Waals surface area contributed by atoms with Crippen LogP contribution >= 0.6 is 12.2 Å². The van der Waals surface area contributed by atoms with Gasteiger partial charge in [-0.05, 0) is 70.3 Å². The molecule has 6 heteroatoms. The number of ether oxygens (including phenoxy) is 1. The Bertz CT molecular complexity index is 688. The average Bonchev–Trinajstić information content (AvgIpc) is 2.45. The fourth-order valence-corrected chi connectivity index (χ4v) is 3.04. The van der Waals surface area contributed by atoms with Gasteiger partial charge in [0.05, 0.1) is 23.1 Å². The van der Waals surface area contributed by atoms with Gasteiger partial charge in [-0.3, -0.25) is 4.98 Å². The molecule has 0 aromatic carbocycles. The summed E-state index contributed by atoms with van der Waals surface area (Å²) in [6.45, 7) is 7.62. The molecule has 0 unspecified atom stereocenters. The molecule has 1 aromatic rings. The van der Waals surface area contributed by atoms with Gasteiger partial charge in [0.25, 0.3) is 0 Å². The molecule has 2 rings (SSSR count). The summed E-state index contributed by atoms with van der Waals surface area (Å²) in [6, 6.07) is 1.88. The highest BCUT2D eigenvalue weighted by Gasteiger charge is 2.26. The van der Waals surface area contributed by atoms with Crippen LogP contribution in [0.3, 0.4) is 0 Å². The van der Waals surface area contributed by atoms with Crippen LogP contribution in [0.15, 0.2) is 35.1 Å². The first-order valence-corrected chi connectivity index (χ1v) is 8.38. The second kappa shape index (κ2) is 7.69. The molecule has 0 saturated heterocycles. The van der Waals surface area contributed by atoms with Gasteiger partial charge in [0.2, 0.25) is 0 Å². The summed E-state index contributed by atoms with van der Waals surface area (Å²) in [7, 11) is 0. The Hall–Kier alpha value is -2.04. The molecule has 1 aliphatic rings. The molecule has 2 atom stereocenters. The molecular formula is C18H23N3O2S. The number of nitrogens with one attached hydrogen (secondary N) is 1. The zero-order valence-electron chi connectivity index (χ0n) is 14.5. The van der Waals surface area contributed by atoms with Gasteiger partial charge in [0.15, 0.2) is 0 Å². The largest absolute Gasteiger partial charge is 0.444 e. The number of nitrogens with zero attached hydrogens (tertiary/aromatic N) is 2. The predicted octanol–water partition coefficient (Wildman–Crippen LogP) is 4.53. The standard InChI is InChI=1S/C18H23N3O2S/c1-12-7-13(15-5-6-19-10-16(15)20-11-24)9-14(8-12)21-17(22)23-18(2,3)4/h5-6,8,10,13-14H,7,9H2,1-4H3,(H,21,22)/t13-,14+/m1/s1. The molecule has 1 N–H and O–H groups in total. The number of allylic oxidation sites excluding steroid dienone is 1.